The van der Waals surface area contributed by atoms with Crippen LogP contribution in [0.1, 0.15) is 46.0 Å². The van der Waals surface area contributed by atoms with Gasteiger partial charge in [-0.15, -0.1) is 0 Å². The van der Waals surface area contributed by atoms with Crippen LogP contribution < -0.4 is 0 Å². The monoisotopic (exact) mass is 218 g/mol. The molecule has 0 aromatic heterocycles. The quantitative estimate of drug-likeness (QED) is 0.355. The number of allylic oxidation sites excluding steroid dienone is 2. The summed E-state index contributed by atoms with van der Waals surface area (Å²) in [6.45, 7) is 4.39. The fourth-order valence-corrected chi connectivity index (χ4v) is 1.19. The lowest BCUT2D eigenvalue weighted by Crippen LogP contribution is -1.80. The number of unbranched alkanes of at least 4 members (excludes halogenated alkanes) is 4. The molecule has 11 heavy (non-hydrogen) atoms. The highest BCUT2D eigenvalue weighted by atomic mass is 79.9. The van der Waals surface area contributed by atoms with Crippen LogP contribution in [0.15, 0.2) is 12.2 Å². The van der Waals surface area contributed by atoms with Gasteiger partial charge in [-0.3, -0.25) is 0 Å². The Labute approximate surface area is 79.2 Å². The minimum absolute atomic E-state index is 0.536. The second-order valence-corrected chi connectivity index (χ2v) is 4.40. The van der Waals surface area contributed by atoms with Crippen LogP contribution in [0.5, 0.6) is 0 Å². The number of hydrogen-bond donors (Lipinski definition) is 0. The molecule has 0 fully saturated rings. The average Bonchev–Trinajstić information content (AvgIpc) is 1.96. The fraction of sp³-hybridized carbons (Fsp3) is 0.800. The Kier molecular flexibility index (Phi) is 8.48. The summed E-state index contributed by atoms with van der Waals surface area (Å²) in [6.07, 6.45) is 11.2. The Bertz CT molecular complexity index is 95.0. The molecule has 1 atom stereocenters. The lowest BCUT2D eigenvalue weighted by Gasteiger charge is -1.94. The van der Waals surface area contributed by atoms with E-state index in [0.29, 0.717) is 4.83 Å². The van der Waals surface area contributed by atoms with Crippen LogP contribution in [0, 0.1) is 0 Å². The molecule has 0 aliphatic rings. The van der Waals surface area contributed by atoms with Crippen molar-refractivity contribution in [1.82, 2.24) is 0 Å². The smallest absolute Gasteiger partial charge is 0.0297 e. The minimum Gasteiger partial charge on any atom is -0.0874 e. The highest BCUT2D eigenvalue weighted by Crippen LogP contribution is 2.05. The number of alkyl halides is 1. The van der Waals surface area contributed by atoms with Gasteiger partial charge in [-0.2, -0.15) is 0 Å². The third-order valence-corrected chi connectivity index (χ3v) is 1.93. The molecule has 0 aliphatic carbocycles. The molecular weight excluding hydrogens is 200 g/mol. The van der Waals surface area contributed by atoms with E-state index in [9.17, 15) is 0 Å². The second kappa shape index (κ2) is 8.32. The molecule has 0 nitrogen and oxygen atoms in total. The van der Waals surface area contributed by atoms with Gasteiger partial charge in [0, 0.05) is 4.83 Å². The van der Waals surface area contributed by atoms with E-state index in [2.05, 4.69) is 41.9 Å². The van der Waals surface area contributed by atoms with Crippen LogP contribution in [-0.2, 0) is 0 Å². The van der Waals surface area contributed by atoms with Crippen LogP contribution in [0.2, 0.25) is 0 Å². The van der Waals surface area contributed by atoms with Gasteiger partial charge in [-0.1, -0.05) is 54.3 Å². The normalized spacial score (nSPS) is 14.1. The maximum absolute atomic E-state index is 3.47. The van der Waals surface area contributed by atoms with Gasteiger partial charge < -0.3 is 0 Å². The third kappa shape index (κ3) is 10.2. The number of halogens is 1. The van der Waals surface area contributed by atoms with E-state index >= 15 is 0 Å². The van der Waals surface area contributed by atoms with Crippen LogP contribution in [0.25, 0.3) is 0 Å². The van der Waals surface area contributed by atoms with Gasteiger partial charge >= 0.3 is 0 Å². The Hall–Kier alpha value is 0.220. The van der Waals surface area contributed by atoms with Gasteiger partial charge in [-0.05, 0) is 19.8 Å². The lowest BCUT2D eigenvalue weighted by atomic mass is 10.1. The summed E-state index contributed by atoms with van der Waals surface area (Å²) in [6, 6.07) is 0. The van der Waals surface area contributed by atoms with E-state index < -0.39 is 0 Å². The van der Waals surface area contributed by atoms with E-state index in [-0.39, 0.29) is 0 Å². The minimum atomic E-state index is 0.536. The molecule has 1 unspecified atom stereocenters. The van der Waals surface area contributed by atoms with Crippen molar-refractivity contribution in [2.75, 3.05) is 0 Å². The Morgan fingerprint density at radius 3 is 2.55 bits per heavy atom. The maximum atomic E-state index is 3.47. The molecule has 0 N–H and O–H groups in total. The molecule has 0 aliphatic heterocycles. The zero-order chi connectivity index (χ0) is 8.53. The first-order valence-corrected chi connectivity index (χ1v) is 5.49. The molecule has 0 heterocycles. The summed E-state index contributed by atoms with van der Waals surface area (Å²) >= 11 is 3.47. The molecule has 0 amide bonds. The first-order chi connectivity index (χ1) is 5.27. The molecule has 0 aromatic rings. The third-order valence-electron chi connectivity index (χ3n) is 1.63. The first-order valence-electron chi connectivity index (χ1n) is 4.58. The van der Waals surface area contributed by atoms with Crippen LogP contribution in [0.3, 0.4) is 0 Å². The first kappa shape index (κ1) is 11.2. The van der Waals surface area contributed by atoms with Crippen LogP contribution in [-0.4, -0.2) is 4.83 Å². The molecule has 0 bridgehead atoms. The van der Waals surface area contributed by atoms with E-state index in [4.69, 9.17) is 0 Å². The Balaban J connectivity index is 3.01. The van der Waals surface area contributed by atoms with E-state index in [1.54, 1.807) is 0 Å². The van der Waals surface area contributed by atoms with E-state index in [1.807, 2.05) is 0 Å². The molecule has 0 rings (SSSR count). The Morgan fingerprint density at radius 1 is 1.27 bits per heavy atom. The summed E-state index contributed by atoms with van der Waals surface area (Å²) in [4.78, 5) is 0.536. The van der Waals surface area contributed by atoms with Gasteiger partial charge in [0.1, 0.15) is 0 Å². The highest BCUT2D eigenvalue weighted by molar-refractivity contribution is 9.09. The molecule has 0 radical (unpaired) electrons. The zero-order valence-electron chi connectivity index (χ0n) is 7.65. The van der Waals surface area contributed by atoms with E-state index in [0.717, 1.165) is 0 Å². The van der Waals surface area contributed by atoms with Gasteiger partial charge in [0.25, 0.3) is 0 Å². The SMILES string of the molecule is CCCCCCC=CC(C)Br. The van der Waals surface area contributed by atoms with Crippen molar-refractivity contribution in [1.29, 1.82) is 0 Å². The van der Waals surface area contributed by atoms with Gasteiger partial charge in [0.05, 0.1) is 0 Å². The standard InChI is InChI=1S/C10H19Br/c1-3-4-5-6-7-8-9-10(2)11/h8-10H,3-7H2,1-2H3. The fourth-order valence-electron chi connectivity index (χ4n) is 0.973. The van der Waals surface area contributed by atoms with Gasteiger partial charge in [0.15, 0.2) is 0 Å². The van der Waals surface area contributed by atoms with Crippen molar-refractivity contribution in [3.8, 4) is 0 Å². The summed E-state index contributed by atoms with van der Waals surface area (Å²) in [5.41, 5.74) is 0. The second-order valence-electron chi connectivity index (χ2n) is 2.96. The van der Waals surface area contributed by atoms with Crippen molar-refractivity contribution in [2.45, 2.75) is 50.8 Å². The zero-order valence-corrected chi connectivity index (χ0v) is 9.23. The number of rotatable bonds is 6. The topological polar surface area (TPSA) is 0 Å². The highest BCUT2D eigenvalue weighted by Gasteiger charge is 1.86. The predicted octanol–water partition coefficient (Wildman–Crippen LogP) is 4.30. The molecule has 0 aromatic carbocycles. The molecule has 0 saturated heterocycles. The summed E-state index contributed by atoms with van der Waals surface area (Å²) in [7, 11) is 0. The number of hydrogen-bond acceptors (Lipinski definition) is 0. The van der Waals surface area contributed by atoms with Crippen molar-refractivity contribution >= 4 is 15.9 Å². The molecule has 0 spiro atoms. The Morgan fingerprint density at radius 2 is 2.00 bits per heavy atom. The maximum Gasteiger partial charge on any atom is 0.0297 e. The van der Waals surface area contributed by atoms with Gasteiger partial charge in [-0.25, -0.2) is 0 Å². The average molecular weight is 219 g/mol. The van der Waals surface area contributed by atoms with Crippen LogP contribution >= 0.6 is 15.9 Å². The van der Waals surface area contributed by atoms with Gasteiger partial charge in [0.2, 0.25) is 0 Å². The largest absolute Gasteiger partial charge is 0.0874 e. The molecular formula is C10H19Br. The van der Waals surface area contributed by atoms with E-state index in [1.165, 1.54) is 32.1 Å². The van der Waals surface area contributed by atoms with Crippen molar-refractivity contribution in [3.63, 3.8) is 0 Å². The predicted molar refractivity (Wildman–Crippen MR) is 56.3 cm³/mol. The molecule has 0 saturated carbocycles. The van der Waals surface area contributed by atoms with Crippen LogP contribution in [0.4, 0.5) is 0 Å². The van der Waals surface area contributed by atoms with Crippen molar-refractivity contribution < 1.29 is 0 Å². The molecule has 1 heteroatoms. The molecule has 66 valence electrons. The summed E-state index contributed by atoms with van der Waals surface area (Å²) < 4.78 is 0. The lowest BCUT2D eigenvalue weighted by molar-refractivity contribution is 0.674. The van der Waals surface area contributed by atoms with Crippen molar-refractivity contribution in [2.24, 2.45) is 0 Å². The summed E-state index contributed by atoms with van der Waals surface area (Å²) in [5, 5.41) is 0. The summed E-state index contributed by atoms with van der Waals surface area (Å²) in [5.74, 6) is 0. The van der Waals surface area contributed by atoms with Crippen molar-refractivity contribution in [3.05, 3.63) is 12.2 Å².